The Labute approximate surface area is 186 Å². The van der Waals surface area contributed by atoms with Gasteiger partial charge in [-0.3, -0.25) is 9.97 Å². The van der Waals surface area contributed by atoms with Crippen LogP contribution < -0.4 is 10.6 Å². The number of aryl methyl sites for hydroxylation is 1. The zero-order valence-corrected chi connectivity index (χ0v) is 17.9. The number of rotatable bonds is 4. The van der Waals surface area contributed by atoms with Gasteiger partial charge < -0.3 is 20.5 Å². The summed E-state index contributed by atoms with van der Waals surface area (Å²) in [4.78, 5) is 15.3. The third kappa shape index (κ3) is 3.77. The van der Waals surface area contributed by atoms with Crippen molar-refractivity contribution in [3.63, 3.8) is 0 Å². The van der Waals surface area contributed by atoms with Crippen LogP contribution in [-0.4, -0.2) is 46.4 Å². The topological polar surface area (TPSA) is 97.4 Å². The number of hydrogen-bond acceptors (Lipinski definition) is 7. The molecule has 2 aromatic carbocycles. The molecule has 3 N–H and O–H groups in total. The van der Waals surface area contributed by atoms with Crippen molar-refractivity contribution in [2.75, 3.05) is 36.9 Å². The summed E-state index contributed by atoms with van der Waals surface area (Å²) in [5, 5.41) is 12.1. The number of nitrogen functional groups attached to an aromatic ring is 1. The fourth-order valence-electron chi connectivity index (χ4n) is 4.32. The highest BCUT2D eigenvalue weighted by Gasteiger charge is 2.20. The smallest absolute Gasteiger partial charge is 0.147 e. The van der Waals surface area contributed by atoms with Crippen LogP contribution in [0.25, 0.3) is 22.0 Å². The maximum Gasteiger partial charge on any atom is 0.147 e. The van der Waals surface area contributed by atoms with Crippen molar-refractivity contribution in [2.45, 2.75) is 13.0 Å². The quantitative estimate of drug-likeness (QED) is 0.514. The molecule has 0 saturated carbocycles. The molecule has 5 rings (SSSR count). The molecule has 1 aliphatic heterocycles. The first-order valence-corrected chi connectivity index (χ1v) is 10.7. The second kappa shape index (κ2) is 8.53. The molecule has 1 saturated heterocycles. The van der Waals surface area contributed by atoms with Gasteiger partial charge >= 0.3 is 0 Å². The average molecular weight is 428 g/mol. The van der Waals surface area contributed by atoms with Crippen LogP contribution in [-0.2, 0) is 4.74 Å². The monoisotopic (exact) mass is 427 g/mol. The van der Waals surface area contributed by atoms with E-state index in [1.807, 2.05) is 37.3 Å². The van der Waals surface area contributed by atoms with E-state index in [1.165, 1.54) is 0 Å². The second-order valence-electron chi connectivity index (χ2n) is 7.97. The van der Waals surface area contributed by atoms with Gasteiger partial charge in [-0.1, -0.05) is 24.3 Å². The van der Waals surface area contributed by atoms with Gasteiger partial charge in [0.05, 0.1) is 36.3 Å². The summed E-state index contributed by atoms with van der Waals surface area (Å²) in [6.45, 7) is 5.01. The molecule has 0 radical (unpaired) electrons. The van der Waals surface area contributed by atoms with Crippen LogP contribution in [0.4, 0.5) is 11.5 Å². The lowest BCUT2D eigenvalue weighted by molar-refractivity contribution is 0.123. The van der Waals surface area contributed by atoms with Gasteiger partial charge in [0.1, 0.15) is 11.9 Å². The van der Waals surface area contributed by atoms with Crippen LogP contribution >= 0.6 is 0 Å². The number of aromatic nitrogens is 3. The Morgan fingerprint density at radius 1 is 1.09 bits per heavy atom. The molecule has 1 atom stereocenters. The summed E-state index contributed by atoms with van der Waals surface area (Å²) in [5.74, 6) is 0.529. The summed E-state index contributed by atoms with van der Waals surface area (Å²) < 4.78 is 5.47. The lowest BCUT2D eigenvalue weighted by atomic mass is 9.90. The fraction of sp³-hybridized carbons (Fsp3) is 0.240. The number of morpholine rings is 1. The van der Waals surface area contributed by atoms with Crippen LogP contribution in [0.5, 0.6) is 0 Å². The van der Waals surface area contributed by atoms with E-state index in [1.54, 1.807) is 18.6 Å². The Hall–Kier alpha value is -3.55. The van der Waals surface area contributed by atoms with E-state index in [0.29, 0.717) is 24.7 Å². The van der Waals surface area contributed by atoms with Crippen LogP contribution in [0, 0.1) is 6.92 Å². The third-order valence-corrected chi connectivity index (χ3v) is 5.93. The molecule has 0 bridgehead atoms. The van der Waals surface area contributed by atoms with Crippen molar-refractivity contribution < 1.29 is 9.84 Å². The Morgan fingerprint density at radius 2 is 1.94 bits per heavy atom. The Kier molecular flexibility index (Phi) is 5.43. The number of aliphatic hydroxyl groups is 1. The van der Waals surface area contributed by atoms with Crippen LogP contribution in [0.15, 0.2) is 61.1 Å². The van der Waals surface area contributed by atoms with Crippen LogP contribution in [0.1, 0.15) is 22.9 Å². The molecule has 2 aromatic heterocycles. The molecule has 0 spiro atoms. The number of hydrogen-bond donors (Lipinski definition) is 2. The standard InChI is InChI=1S/C25H25N5O2/c1-16-3-2-4-19(24(31)21-15-27-7-8-28-21)23(16)17-5-6-20-18(13-17)14-22(25(26)29-20)30-9-11-32-12-10-30/h2-8,13-15,24,31H,9-12H2,1H3,(H2,26,29). The van der Waals surface area contributed by atoms with E-state index >= 15 is 0 Å². The highest BCUT2D eigenvalue weighted by atomic mass is 16.5. The summed E-state index contributed by atoms with van der Waals surface area (Å²) in [5.41, 5.74) is 12.4. The number of aliphatic hydroxyl groups excluding tert-OH is 1. The first-order valence-electron chi connectivity index (χ1n) is 10.7. The fourth-order valence-corrected chi connectivity index (χ4v) is 4.32. The zero-order valence-electron chi connectivity index (χ0n) is 17.9. The maximum atomic E-state index is 11.1. The predicted molar refractivity (Wildman–Crippen MR) is 125 cm³/mol. The van der Waals surface area contributed by atoms with E-state index in [9.17, 15) is 5.11 Å². The van der Waals surface area contributed by atoms with Crippen molar-refractivity contribution in [3.05, 3.63) is 77.9 Å². The molecule has 4 aromatic rings. The van der Waals surface area contributed by atoms with E-state index in [-0.39, 0.29) is 0 Å². The minimum Gasteiger partial charge on any atom is -0.382 e. The zero-order chi connectivity index (χ0) is 22.1. The molecule has 32 heavy (non-hydrogen) atoms. The largest absolute Gasteiger partial charge is 0.382 e. The summed E-state index contributed by atoms with van der Waals surface area (Å²) in [7, 11) is 0. The first kappa shape index (κ1) is 20.4. The van der Waals surface area contributed by atoms with Crippen molar-refractivity contribution in [2.24, 2.45) is 0 Å². The SMILES string of the molecule is Cc1cccc(C(O)c2cnccn2)c1-c1ccc2nc(N)c(N3CCOCC3)cc2c1. The average Bonchev–Trinajstić information content (AvgIpc) is 2.84. The Balaban J connectivity index is 1.61. The third-order valence-electron chi connectivity index (χ3n) is 5.93. The van der Waals surface area contributed by atoms with Crippen molar-refractivity contribution in [1.29, 1.82) is 0 Å². The van der Waals surface area contributed by atoms with E-state index in [2.05, 4.69) is 32.0 Å². The molecule has 0 aliphatic carbocycles. The van der Waals surface area contributed by atoms with Gasteiger partial charge in [-0.25, -0.2) is 4.98 Å². The van der Waals surface area contributed by atoms with Gasteiger partial charge in [0.15, 0.2) is 0 Å². The van der Waals surface area contributed by atoms with E-state index in [0.717, 1.165) is 51.9 Å². The number of nitrogens with zero attached hydrogens (tertiary/aromatic N) is 4. The summed E-state index contributed by atoms with van der Waals surface area (Å²) in [6.07, 6.45) is 3.91. The predicted octanol–water partition coefficient (Wildman–Crippen LogP) is 3.50. The number of fused-ring (bicyclic) bond motifs is 1. The molecule has 3 heterocycles. The van der Waals surface area contributed by atoms with E-state index < -0.39 is 6.10 Å². The highest BCUT2D eigenvalue weighted by Crippen LogP contribution is 2.36. The molecule has 1 fully saturated rings. The van der Waals surface area contributed by atoms with Crippen LogP contribution in [0.3, 0.4) is 0 Å². The Bertz CT molecular complexity index is 1260. The molecule has 162 valence electrons. The molecule has 1 unspecified atom stereocenters. The molecular formula is C25H25N5O2. The molecule has 7 heteroatoms. The minimum absolute atomic E-state index is 0.518. The lowest BCUT2D eigenvalue weighted by Crippen LogP contribution is -2.36. The normalized spacial score (nSPS) is 15.1. The van der Waals surface area contributed by atoms with Crippen LogP contribution in [0.2, 0.25) is 0 Å². The van der Waals surface area contributed by atoms with E-state index in [4.69, 9.17) is 10.5 Å². The van der Waals surface area contributed by atoms with Gasteiger partial charge in [0.25, 0.3) is 0 Å². The number of nitrogens with two attached hydrogens (primary N) is 1. The first-order chi connectivity index (χ1) is 15.6. The van der Waals surface area contributed by atoms with Gasteiger partial charge in [-0.15, -0.1) is 0 Å². The molecule has 0 amide bonds. The van der Waals surface area contributed by atoms with Crippen molar-refractivity contribution >= 4 is 22.4 Å². The summed E-state index contributed by atoms with van der Waals surface area (Å²) >= 11 is 0. The molecule has 1 aliphatic rings. The van der Waals surface area contributed by atoms with Gasteiger partial charge in [-0.05, 0) is 47.4 Å². The van der Waals surface area contributed by atoms with Crippen molar-refractivity contribution in [1.82, 2.24) is 15.0 Å². The van der Waals surface area contributed by atoms with Gasteiger partial charge in [0.2, 0.25) is 0 Å². The minimum atomic E-state index is -0.872. The maximum absolute atomic E-state index is 11.1. The van der Waals surface area contributed by atoms with Crippen molar-refractivity contribution in [3.8, 4) is 11.1 Å². The summed E-state index contributed by atoms with van der Waals surface area (Å²) in [6, 6.07) is 14.2. The number of pyridine rings is 1. The number of benzene rings is 2. The second-order valence-corrected chi connectivity index (χ2v) is 7.97. The number of ether oxygens (including phenoxy) is 1. The van der Waals surface area contributed by atoms with Gasteiger partial charge in [-0.2, -0.15) is 0 Å². The lowest BCUT2D eigenvalue weighted by Gasteiger charge is -2.29. The highest BCUT2D eigenvalue weighted by molar-refractivity contribution is 5.90. The molecular weight excluding hydrogens is 402 g/mol. The number of anilines is 2. The Morgan fingerprint density at radius 3 is 2.72 bits per heavy atom. The molecule has 7 nitrogen and oxygen atoms in total. The van der Waals surface area contributed by atoms with Gasteiger partial charge in [0, 0.05) is 30.9 Å².